The van der Waals surface area contributed by atoms with Gasteiger partial charge in [-0.1, -0.05) is 6.92 Å². The highest BCUT2D eigenvalue weighted by Gasteiger charge is 2.51. The van der Waals surface area contributed by atoms with E-state index in [0.717, 1.165) is 26.1 Å². The Bertz CT molecular complexity index is 407. The Balaban J connectivity index is 2.01. The lowest BCUT2D eigenvalue weighted by molar-refractivity contribution is -0.132. The van der Waals surface area contributed by atoms with E-state index in [4.69, 9.17) is 5.26 Å². The Hall–Kier alpha value is -1.61. The molecule has 2 saturated heterocycles. The van der Waals surface area contributed by atoms with E-state index in [-0.39, 0.29) is 24.9 Å². The molecule has 0 saturated carbocycles. The van der Waals surface area contributed by atoms with Crippen LogP contribution in [0.5, 0.6) is 0 Å². The molecule has 0 atom stereocenters. The molecule has 0 aromatic heterocycles. The molecule has 6 nitrogen and oxygen atoms in total. The Morgan fingerprint density at radius 2 is 2.00 bits per heavy atom. The predicted molar refractivity (Wildman–Crippen MR) is 69.2 cm³/mol. The minimum absolute atomic E-state index is 0.149. The summed E-state index contributed by atoms with van der Waals surface area (Å²) in [5, 5.41) is 11.4. The number of carbonyl (C=O) groups excluding carboxylic acids is 2. The molecular formula is C13H20N4O2. The Morgan fingerprint density at radius 3 is 2.58 bits per heavy atom. The summed E-state index contributed by atoms with van der Waals surface area (Å²) in [6, 6.07) is 1.63. The van der Waals surface area contributed by atoms with E-state index < -0.39 is 5.54 Å². The number of nitrogens with zero attached hydrogens (tertiary/aromatic N) is 3. The van der Waals surface area contributed by atoms with Crippen molar-refractivity contribution in [2.45, 2.75) is 38.1 Å². The molecule has 3 amide bonds. The fraction of sp³-hybridized carbons (Fsp3) is 0.769. The third-order valence-corrected chi connectivity index (χ3v) is 3.94. The van der Waals surface area contributed by atoms with Crippen LogP contribution in [0.15, 0.2) is 0 Å². The SMILES string of the molecule is CCCN1CCC2(CC1)NC(=O)N(CCC#N)C2=O. The highest BCUT2D eigenvalue weighted by Crippen LogP contribution is 2.29. The van der Waals surface area contributed by atoms with Crippen molar-refractivity contribution in [2.75, 3.05) is 26.2 Å². The van der Waals surface area contributed by atoms with Gasteiger partial charge in [-0.2, -0.15) is 5.26 Å². The molecule has 104 valence electrons. The second kappa shape index (κ2) is 5.57. The van der Waals surface area contributed by atoms with Gasteiger partial charge in [0.05, 0.1) is 12.5 Å². The van der Waals surface area contributed by atoms with E-state index in [2.05, 4.69) is 17.1 Å². The first kappa shape index (κ1) is 13.8. The number of urea groups is 1. The van der Waals surface area contributed by atoms with E-state index in [9.17, 15) is 9.59 Å². The topological polar surface area (TPSA) is 76.4 Å². The predicted octanol–water partition coefficient (Wildman–Crippen LogP) is 0.696. The number of amides is 3. The number of nitrogens with one attached hydrogen (secondary N) is 1. The van der Waals surface area contributed by atoms with Crippen LogP contribution in [-0.2, 0) is 4.79 Å². The second-order valence-corrected chi connectivity index (χ2v) is 5.22. The average Bonchev–Trinajstić information content (AvgIpc) is 2.63. The standard InChI is InChI=1S/C13H20N4O2/c1-2-7-16-9-4-13(5-10-16)11(18)17(8-3-6-14)12(19)15-13/h2-5,7-10H2,1H3,(H,15,19). The van der Waals surface area contributed by atoms with Crippen LogP contribution in [-0.4, -0.2) is 53.5 Å². The molecule has 2 rings (SSSR count). The lowest BCUT2D eigenvalue weighted by Gasteiger charge is -2.37. The molecule has 2 aliphatic rings. The summed E-state index contributed by atoms with van der Waals surface area (Å²) >= 11 is 0. The Kier molecular flexibility index (Phi) is 4.05. The molecule has 2 fully saturated rings. The fourth-order valence-electron chi connectivity index (χ4n) is 2.85. The van der Waals surface area contributed by atoms with Crippen LogP contribution in [0.1, 0.15) is 32.6 Å². The molecule has 0 aromatic rings. The molecule has 2 aliphatic heterocycles. The van der Waals surface area contributed by atoms with E-state index in [1.54, 1.807) is 0 Å². The Morgan fingerprint density at radius 1 is 1.32 bits per heavy atom. The maximum Gasteiger partial charge on any atom is 0.325 e. The number of rotatable bonds is 4. The normalized spacial score (nSPS) is 22.6. The highest BCUT2D eigenvalue weighted by atomic mass is 16.2. The van der Waals surface area contributed by atoms with Crippen molar-refractivity contribution >= 4 is 11.9 Å². The monoisotopic (exact) mass is 264 g/mol. The van der Waals surface area contributed by atoms with Crippen LogP contribution in [0.4, 0.5) is 4.79 Å². The van der Waals surface area contributed by atoms with Gasteiger partial charge >= 0.3 is 6.03 Å². The van der Waals surface area contributed by atoms with Gasteiger partial charge < -0.3 is 10.2 Å². The van der Waals surface area contributed by atoms with E-state index >= 15 is 0 Å². The van der Waals surface area contributed by atoms with Crippen LogP contribution in [0.3, 0.4) is 0 Å². The fourth-order valence-corrected chi connectivity index (χ4v) is 2.85. The minimum Gasteiger partial charge on any atom is -0.323 e. The third-order valence-electron chi connectivity index (χ3n) is 3.94. The third kappa shape index (κ3) is 2.56. The van der Waals surface area contributed by atoms with Crippen LogP contribution in [0.2, 0.25) is 0 Å². The molecule has 0 unspecified atom stereocenters. The molecular weight excluding hydrogens is 244 g/mol. The highest BCUT2D eigenvalue weighted by molar-refractivity contribution is 6.07. The van der Waals surface area contributed by atoms with Gasteiger partial charge in [0.25, 0.3) is 5.91 Å². The number of carbonyl (C=O) groups is 2. The minimum atomic E-state index is -0.712. The maximum atomic E-state index is 12.4. The first-order valence-electron chi connectivity index (χ1n) is 6.86. The van der Waals surface area contributed by atoms with Gasteiger partial charge in [0, 0.05) is 19.6 Å². The van der Waals surface area contributed by atoms with E-state index in [1.165, 1.54) is 4.90 Å². The van der Waals surface area contributed by atoms with Gasteiger partial charge in [0.2, 0.25) is 0 Å². The molecule has 0 aromatic carbocycles. The second-order valence-electron chi connectivity index (χ2n) is 5.22. The zero-order valence-electron chi connectivity index (χ0n) is 11.3. The molecule has 1 N–H and O–H groups in total. The van der Waals surface area contributed by atoms with Crippen LogP contribution in [0, 0.1) is 11.3 Å². The summed E-state index contributed by atoms with van der Waals surface area (Å²) in [5.74, 6) is -0.149. The van der Waals surface area contributed by atoms with Crippen LogP contribution >= 0.6 is 0 Å². The largest absolute Gasteiger partial charge is 0.325 e. The lowest BCUT2D eigenvalue weighted by atomic mass is 9.87. The van der Waals surface area contributed by atoms with Gasteiger partial charge in [-0.05, 0) is 25.8 Å². The molecule has 0 radical (unpaired) electrons. The van der Waals surface area contributed by atoms with E-state index in [0.29, 0.717) is 12.8 Å². The zero-order valence-corrected chi connectivity index (χ0v) is 11.3. The average molecular weight is 264 g/mol. The molecule has 0 aliphatic carbocycles. The van der Waals surface area contributed by atoms with E-state index in [1.807, 2.05) is 6.07 Å². The first-order valence-corrected chi connectivity index (χ1v) is 6.86. The van der Waals surface area contributed by atoms with Gasteiger partial charge in [-0.15, -0.1) is 0 Å². The lowest BCUT2D eigenvalue weighted by Crippen LogP contribution is -2.55. The molecule has 6 heteroatoms. The van der Waals surface area contributed by atoms with Gasteiger partial charge in [0.1, 0.15) is 5.54 Å². The summed E-state index contributed by atoms with van der Waals surface area (Å²) in [4.78, 5) is 27.7. The van der Waals surface area contributed by atoms with Crippen molar-refractivity contribution in [2.24, 2.45) is 0 Å². The summed E-state index contributed by atoms with van der Waals surface area (Å²) in [6.45, 7) is 5.05. The summed E-state index contributed by atoms with van der Waals surface area (Å²) in [6.07, 6.45) is 2.63. The van der Waals surface area contributed by atoms with Crippen molar-refractivity contribution in [3.8, 4) is 6.07 Å². The number of imide groups is 1. The summed E-state index contributed by atoms with van der Waals surface area (Å²) < 4.78 is 0. The smallest absolute Gasteiger partial charge is 0.323 e. The first-order chi connectivity index (χ1) is 9.13. The number of nitriles is 1. The van der Waals surface area contributed by atoms with Gasteiger partial charge in [-0.3, -0.25) is 9.69 Å². The quantitative estimate of drug-likeness (QED) is 0.758. The molecule has 2 heterocycles. The van der Waals surface area contributed by atoms with Gasteiger partial charge in [-0.25, -0.2) is 4.79 Å². The number of likely N-dealkylation sites (tertiary alicyclic amines) is 1. The van der Waals surface area contributed by atoms with Crippen LogP contribution in [0.25, 0.3) is 0 Å². The van der Waals surface area contributed by atoms with Crippen LogP contribution < -0.4 is 5.32 Å². The van der Waals surface area contributed by atoms with Crippen molar-refractivity contribution < 1.29 is 9.59 Å². The molecule has 0 bridgehead atoms. The number of hydrogen-bond donors (Lipinski definition) is 1. The van der Waals surface area contributed by atoms with Crippen molar-refractivity contribution in [3.05, 3.63) is 0 Å². The van der Waals surface area contributed by atoms with Crippen molar-refractivity contribution in [1.29, 1.82) is 5.26 Å². The van der Waals surface area contributed by atoms with Crippen molar-refractivity contribution in [1.82, 2.24) is 15.1 Å². The van der Waals surface area contributed by atoms with Crippen molar-refractivity contribution in [3.63, 3.8) is 0 Å². The summed E-state index contributed by atoms with van der Waals surface area (Å²) in [7, 11) is 0. The zero-order chi connectivity index (χ0) is 13.9. The number of hydrogen-bond acceptors (Lipinski definition) is 4. The summed E-state index contributed by atoms with van der Waals surface area (Å²) in [5.41, 5.74) is -0.712. The molecule has 1 spiro atoms. The Labute approximate surface area is 113 Å². The van der Waals surface area contributed by atoms with Gasteiger partial charge in [0.15, 0.2) is 0 Å². The number of piperidine rings is 1. The molecule has 19 heavy (non-hydrogen) atoms. The maximum absolute atomic E-state index is 12.4.